The van der Waals surface area contributed by atoms with Crippen molar-refractivity contribution in [1.29, 1.82) is 4.78 Å². The molecule has 1 rings (SSSR count). The molecule has 0 aliphatic heterocycles. The second kappa shape index (κ2) is 3.16. The highest BCUT2D eigenvalue weighted by molar-refractivity contribution is 9.10. The molecule has 0 heterocycles. The number of rotatable bonds is 1. The van der Waals surface area contributed by atoms with Crippen LogP contribution in [0.5, 0.6) is 0 Å². The summed E-state index contributed by atoms with van der Waals surface area (Å²) in [6.45, 7) is 0. The molecule has 2 nitrogen and oxygen atoms in total. The molecule has 1 aromatic rings. The lowest BCUT2D eigenvalue weighted by Gasteiger charge is -1.90. The van der Waals surface area contributed by atoms with Crippen molar-refractivity contribution in [3.63, 3.8) is 0 Å². The van der Waals surface area contributed by atoms with Gasteiger partial charge in [-0.3, -0.25) is 4.78 Å². The topological polar surface area (TPSA) is 40.9 Å². The number of halogens is 1. The van der Waals surface area contributed by atoms with E-state index in [4.69, 9.17) is 4.78 Å². The first-order chi connectivity index (χ1) is 4.70. The van der Waals surface area contributed by atoms with Crippen LogP contribution in [-0.2, 0) is 10.6 Å². The third kappa shape index (κ3) is 1.82. The molecular weight excluding hydrogens is 214 g/mol. The van der Waals surface area contributed by atoms with Crippen molar-refractivity contribution in [1.82, 2.24) is 0 Å². The van der Waals surface area contributed by atoms with E-state index in [2.05, 4.69) is 15.9 Å². The van der Waals surface area contributed by atoms with Crippen molar-refractivity contribution in [2.45, 2.75) is 4.90 Å². The summed E-state index contributed by atoms with van der Waals surface area (Å²) in [5.74, 6) is 0. The zero-order valence-electron chi connectivity index (χ0n) is 5.04. The molecule has 0 amide bonds. The Morgan fingerprint density at radius 3 is 2.20 bits per heavy atom. The third-order valence-corrected chi connectivity index (χ3v) is 2.36. The Kier molecular flexibility index (Phi) is 2.45. The molecule has 0 aliphatic rings. The molecule has 1 N–H and O–H groups in total. The quantitative estimate of drug-likeness (QED) is 0.698. The second-order valence-electron chi connectivity index (χ2n) is 1.77. The first-order valence-corrected chi connectivity index (χ1v) is 4.69. The zero-order chi connectivity index (χ0) is 7.56. The maximum absolute atomic E-state index is 10.6. The summed E-state index contributed by atoms with van der Waals surface area (Å²) in [6.07, 6.45) is 0. The van der Waals surface area contributed by atoms with E-state index in [1.807, 2.05) is 0 Å². The van der Waals surface area contributed by atoms with E-state index < -0.39 is 10.6 Å². The molecule has 0 aliphatic carbocycles. The number of thiol groups is 1. The minimum absolute atomic E-state index is 0.568. The molecule has 1 unspecified atom stereocenters. The van der Waals surface area contributed by atoms with E-state index in [0.717, 1.165) is 4.47 Å². The van der Waals surface area contributed by atoms with Crippen molar-refractivity contribution < 1.29 is 4.21 Å². The van der Waals surface area contributed by atoms with Crippen LogP contribution in [0.2, 0.25) is 0 Å². The van der Waals surface area contributed by atoms with Crippen molar-refractivity contribution in [2.75, 3.05) is 0 Å². The van der Waals surface area contributed by atoms with Gasteiger partial charge < -0.3 is 0 Å². The summed E-state index contributed by atoms with van der Waals surface area (Å²) in [6, 6.07) is 6.90. The SMILES string of the molecule is N=[SH](=O)c1ccc(Br)cc1. The number of benzene rings is 1. The molecule has 0 saturated carbocycles. The highest BCUT2D eigenvalue weighted by Gasteiger charge is 1.89. The average molecular weight is 220 g/mol. The molecule has 0 spiro atoms. The van der Waals surface area contributed by atoms with E-state index in [1.165, 1.54) is 0 Å². The average Bonchev–Trinajstić information content (AvgIpc) is 1.88. The summed E-state index contributed by atoms with van der Waals surface area (Å²) in [4.78, 5) is 0.568. The summed E-state index contributed by atoms with van der Waals surface area (Å²) in [7, 11) is -1.93. The summed E-state index contributed by atoms with van der Waals surface area (Å²) >= 11 is 3.24. The Morgan fingerprint density at radius 1 is 1.30 bits per heavy atom. The highest BCUT2D eigenvalue weighted by Crippen LogP contribution is 2.10. The van der Waals surface area contributed by atoms with Crippen LogP contribution >= 0.6 is 15.9 Å². The molecule has 1 atom stereocenters. The maximum atomic E-state index is 10.6. The van der Waals surface area contributed by atoms with E-state index in [0.29, 0.717) is 4.90 Å². The van der Waals surface area contributed by atoms with Gasteiger partial charge in [-0.2, -0.15) is 0 Å². The van der Waals surface area contributed by atoms with Gasteiger partial charge in [0.05, 0.1) is 10.6 Å². The molecule has 0 fully saturated rings. The van der Waals surface area contributed by atoms with Crippen LogP contribution in [0, 0.1) is 4.78 Å². The van der Waals surface area contributed by atoms with Gasteiger partial charge in [0.25, 0.3) is 0 Å². The van der Waals surface area contributed by atoms with Crippen LogP contribution in [0.15, 0.2) is 33.6 Å². The van der Waals surface area contributed by atoms with Crippen LogP contribution in [0.4, 0.5) is 0 Å². The molecular formula is C6H6BrNOS. The first-order valence-electron chi connectivity index (χ1n) is 2.64. The van der Waals surface area contributed by atoms with E-state index >= 15 is 0 Å². The highest BCUT2D eigenvalue weighted by atomic mass is 79.9. The minimum Gasteiger partial charge on any atom is -0.251 e. The smallest absolute Gasteiger partial charge is 0.0616 e. The normalized spacial score (nSPS) is 12.9. The monoisotopic (exact) mass is 219 g/mol. The Labute approximate surface area is 69.4 Å². The fourth-order valence-corrected chi connectivity index (χ4v) is 1.26. The van der Waals surface area contributed by atoms with Gasteiger partial charge in [-0.1, -0.05) is 15.9 Å². The molecule has 0 saturated heterocycles. The molecule has 10 heavy (non-hydrogen) atoms. The minimum atomic E-state index is -1.93. The van der Waals surface area contributed by atoms with Crippen molar-refractivity contribution in [2.24, 2.45) is 0 Å². The summed E-state index contributed by atoms with van der Waals surface area (Å²) < 4.78 is 18.4. The van der Waals surface area contributed by atoms with Crippen LogP contribution in [-0.4, -0.2) is 4.21 Å². The molecule has 0 radical (unpaired) electrons. The Hall–Kier alpha value is -0.350. The van der Waals surface area contributed by atoms with Crippen molar-refractivity contribution in [3.8, 4) is 0 Å². The maximum Gasteiger partial charge on any atom is 0.0616 e. The van der Waals surface area contributed by atoms with Gasteiger partial charge >= 0.3 is 0 Å². The fourth-order valence-electron chi connectivity index (χ4n) is 0.576. The predicted octanol–water partition coefficient (Wildman–Crippen LogP) is 2.05. The lowest BCUT2D eigenvalue weighted by Crippen LogP contribution is -1.75. The van der Waals surface area contributed by atoms with Gasteiger partial charge in [-0.25, -0.2) is 4.21 Å². The van der Waals surface area contributed by atoms with Crippen molar-refractivity contribution >= 4 is 26.5 Å². The summed E-state index contributed by atoms with van der Waals surface area (Å²) in [5.41, 5.74) is 0. The molecule has 54 valence electrons. The number of hydrogen-bond donors (Lipinski definition) is 2. The van der Waals surface area contributed by atoms with Gasteiger partial charge in [0, 0.05) is 9.37 Å². The first kappa shape index (κ1) is 7.75. The lowest BCUT2D eigenvalue weighted by atomic mass is 10.4. The fraction of sp³-hybridized carbons (Fsp3) is 0. The zero-order valence-corrected chi connectivity index (χ0v) is 7.52. The van der Waals surface area contributed by atoms with Gasteiger partial charge in [0.2, 0.25) is 0 Å². The standard InChI is InChI=1S/C6H6BrNOS/c7-5-1-3-6(4-2-5)10(8)9/h1-4,8,10H. The van der Waals surface area contributed by atoms with E-state index in [9.17, 15) is 4.21 Å². The summed E-state index contributed by atoms with van der Waals surface area (Å²) in [5, 5.41) is 0. The predicted molar refractivity (Wildman–Crippen MR) is 44.7 cm³/mol. The van der Waals surface area contributed by atoms with Gasteiger partial charge in [-0.15, -0.1) is 0 Å². The number of hydrogen-bond acceptors (Lipinski definition) is 2. The molecule has 1 aromatic carbocycles. The Bertz CT molecular complexity index is 283. The van der Waals surface area contributed by atoms with Crippen LogP contribution in [0.3, 0.4) is 0 Å². The van der Waals surface area contributed by atoms with Gasteiger partial charge in [-0.05, 0) is 24.3 Å². The van der Waals surface area contributed by atoms with Crippen LogP contribution < -0.4 is 0 Å². The lowest BCUT2D eigenvalue weighted by molar-refractivity contribution is 0.687. The Balaban J connectivity index is 3.12. The van der Waals surface area contributed by atoms with Crippen LogP contribution in [0.1, 0.15) is 0 Å². The van der Waals surface area contributed by atoms with Gasteiger partial charge in [0.15, 0.2) is 0 Å². The Morgan fingerprint density at radius 2 is 1.80 bits per heavy atom. The molecule has 4 heteroatoms. The third-order valence-electron chi connectivity index (χ3n) is 1.06. The van der Waals surface area contributed by atoms with E-state index in [1.54, 1.807) is 24.3 Å². The molecule has 0 aromatic heterocycles. The van der Waals surface area contributed by atoms with Gasteiger partial charge in [0.1, 0.15) is 0 Å². The van der Waals surface area contributed by atoms with Crippen LogP contribution in [0.25, 0.3) is 0 Å². The molecule has 0 bridgehead atoms. The largest absolute Gasteiger partial charge is 0.251 e. The number of nitrogens with one attached hydrogen (secondary N) is 1. The van der Waals surface area contributed by atoms with E-state index in [-0.39, 0.29) is 0 Å². The van der Waals surface area contributed by atoms with Crippen molar-refractivity contribution in [3.05, 3.63) is 28.7 Å². The second-order valence-corrected chi connectivity index (χ2v) is 3.79.